The summed E-state index contributed by atoms with van der Waals surface area (Å²) in [6, 6.07) is 0. The van der Waals surface area contributed by atoms with Crippen LogP contribution in [0.5, 0.6) is 0 Å². The van der Waals surface area contributed by atoms with E-state index in [0.717, 1.165) is 0 Å². The minimum Gasteiger partial charge on any atom is -1.00 e. The molecular weight excluding hydrogens is 411 g/mol. The summed E-state index contributed by atoms with van der Waals surface area (Å²) in [4.78, 5) is 16.5. The third-order valence-corrected chi connectivity index (χ3v) is 0. The molecule has 0 aromatic carbocycles. The monoisotopic (exact) mass is 408 g/mol. The Morgan fingerprint density at radius 1 is 0.667 bits per heavy atom. The van der Waals surface area contributed by atoms with Crippen LogP contribution in [-0.4, -0.2) is 10.2 Å². The quantitative estimate of drug-likeness (QED) is 0.221. The van der Waals surface area contributed by atoms with Crippen LogP contribution in [0.3, 0.4) is 0 Å². The van der Waals surface area contributed by atoms with Gasteiger partial charge in [0.1, 0.15) is 0 Å². The minimum atomic E-state index is -1.75. The maximum atomic E-state index is 8.25. The molecule has 0 atom stereocenters. The van der Waals surface area contributed by atoms with Crippen molar-refractivity contribution in [3.05, 3.63) is 30.6 Å². The minimum absolute atomic E-state index is 0. The van der Waals surface area contributed by atoms with Crippen molar-refractivity contribution >= 4 is 0 Å². The van der Waals surface area contributed by atoms with Crippen LogP contribution in [0.15, 0.2) is 0 Å². The number of nitrogens with zero attached hydrogens (tertiary/aromatic N) is 2. The van der Waals surface area contributed by atoms with Crippen molar-refractivity contribution in [1.29, 1.82) is 0 Å². The topological polar surface area (TPSA) is 132 Å². The van der Waals surface area contributed by atoms with Gasteiger partial charge in [0.25, 0.3) is 0 Å². The molecule has 12 heavy (non-hydrogen) atoms. The Kier molecular flexibility index (Phi) is 98.7. The van der Waals surface area contributed by atoms with Gasteiger partial charge in [0.15, 0.2) is 0 Å². The zero-order valence-corrected chi connectivity index (χ0v) is 9.76. The fourth-order valence-electron chi connectivity index (χ4n) is 0. The van der Waals surface area contributed by atoms with Crippen LogP contribution in [-0.2, 0) is 34.1 Å². The number of hydrogen-bond donors (Lipinski definition) is 0. The van der Waals surface area contributed by atoms with Crippen LogP contribution < -0.4 is 34.0 Å². The summed E-state index contributed by atoms with van der Waals surface area (Å²) in [5.74, 6) is 0. The summed E-state index contributed by atoms with van der Waals surface area (Å²) in [7, 11) is 0. The second-order valence-electron chi connectivity index (χ2n) is 0.447. The molecule has 0 bridgehead atoms. The average Bonchev–Trinajstić information content (AvgIpc) is 1.25. The van der Waals surface area contributed by atoms with Crippen molar-refractivity contribution in [2.24, 2.45) is 0 Å². The van der Waals surface area contributed by atoms with E-state index >= 15 is 0 Å². The van der Waals surface area contributed by atoms with Crippen molar-refractivity contribution in [2.45, 2.75) is 0 Å². The van der Waals surface area contributed by atoms with Crippen LogP contribution in [0, 0.1) is 30.6 Å². The van der Waals surface area contributed by atoms with E-state index in [1.807, 2.05) is 0 Å². The van der Waals surface area contributed by atoms with Crippen molar-refractivity contribution in [3.8, 4) is 0 Å². The second kappa shape index (κ2) is 30.1. The van der Waals surface area contributed by atoms with E-state index in [0.29, 0.717) is 0 Å². The molecule has 8 nitrogen and oxygen atoms in total. The van der Waals surface area contributed by atoms with Gasteiger partial charge in [-0.15, -0.1) is 0 Å². The molecule has 0 spiro atoms. The molecule has 0 aliphatic rings. The van der Waals surface area contributed by atoms with Gasteiger partial charge >= 0.3 is 34.1 Å². The van der Waals surface area contributed by atoms with E-state index in [-0.39, 0.29) is 68.1 Å². The summed E-state index contributed by atoms with van der Waals surface area (Å²) in [6.07, 6.45) is 0. The van der Waals surface area contributed by atoms with Gasteiger partial charge in [-0.2, -0.15) is 0 Å². The van der Waals surface area contributed by atoms with E-state index in [9.17, 15) is 0 Å². The third-order valence-electron chi connectivity index (χ3n) is 0. The van der Waals surface area contributed by atoms with Gasteiger partial charge in [-0.05, 0) is 0 Å². The Hall–Kier alpha value is 0.399. The van der Waals surface area contributed by atoms with E-state index in [4.69, 9.17) is 30.6 Å². The number of halogens is 2. The van der Waals surface area contributed by atoms with Crippen LogP contribution in [0.2, 0.25) is 0 Å². The summed E-state index contributed by atoms with van der Waals surface area (Å²) >= 11 is 0. The maximum Gasteiger partial charge on any atom is 2.00 e. The molecule has 12 heteroatoms. The molecule has 0 saturated carbocycles. The van der Waals surface area contributed by atoms with Gasteiger partial charge in [0, 0.05) is 0 Å². The van der Waals surface area contributed by atoms with Crippen molar-refractivity contribution in [2.75, 3.05) is 0 Å². The normalized spacial score (nSPS) is 4.00. The molecule has 0 unspecified atom stereocenters. The smallest absolute Gasteiger partial charge is 1.00 e. The first-order valence-electron chi connectivity index (χ1n) is 1.10. The van der Waals surface area contributed by atoms with Crippen LogP contribution in [0.1, 0.15) is 0 Å². The molecule has 0 heterocycles. The molecule has 82 valence electrons. The van der Waals surface area contributed by atoms with E-state index in [1.165, 1.54) is 0 Å². The van der Waals surface area contributed by atoms with Crippen LogP contribution in [0.25, 0.3) is 0 Å². The Bertz CT molecular complexity index is 79.5. The average molecular weight is 411 g/mol. The van der Waals surface area contributed by atoms with Gasteiger partial charge in [0.05, 0.1) is 10.2 Å². The van der Waals surface area contributed by atoms with Gasteiger partial charge < -0.3 is 64.6 Å². The first-order chi connectivity index (χ1) is 3.46. The predicted octanol–water partition coefficient (Wildman–Crippen LogP) is -6.48. The molecule has 0 aliphatic heterocycles. The SMILES string of the molecule is O=[N+]([O-])[O-].O=[N+]([O-])[O-].[Br-].[Br-].[Cu+2].[Cu+2]. The van der Waals surface area contributed by atoms with Crippen molar-refractivity contribution in [1.82, 2.24) is 0 Å². The Labute approximate surface area is 108 Å². The zero-order valence-electron chi connectivity index (χ0n) is 4.70. The Morgan fingerprint density at radius 3 is 0.667 bits per heavy atom. The first kappa shape index (κ1) is 39.3. The van der Waals surface area contributed by atoms with Gasteiger partial charge in [-0.3, -0.25) is 0 Å². The molecule has 0 N–H and O–H groups in total. The summed E-state index contributed by atoms with van der Waals surface area (Å²) in [6.45, 7) is 0. The van der Waals surface area contributed by atoms with Gasteiger partial charge in [-0.1, -0.05) is 0 Å². The van der Waals surface area contributed by atoms with E-state index in [1.54, 1.807) is 0 Å². The number of rotatable bonds is 0. The van der Waals surface area contributed by atoms with Gasteiger partial charge in [0.2, 0.25) is 0 Å². The van der Waals surface area contributed by atoms with Gasteiger partial charge in [-0.25, -0.2) is 0 Å². The van der Waals surface area contributed by atoms with Crippen molar-refractivity contribution < 1.29 is 78.3 Å². The van der Waals surface area contributed by atoms with E-state index in [2.05, 4.69) is 0 Å². The first-order valence-corrected chi connectivity index (χ1v) is 1.10. The van der Waals surface area contributed by atoms with E-state index < -0.39 is 10.2 Å². The summed E-state index contributed by atoms with van der Waals surface area (Å²) < 4.78 is 0. The molecule has 0 fully saturated rings. The molecule has 0 rings (SSSR count). The predicted molar refractivity (Wildman–Crippen MR) is 20.7 cm³/mol. The summed E-state index contributed by atoms with van der Waals surface area (Å²) in [5, 5.41) is 29.5. The van der Waals surface area contributed by atoms with Crippen LogP contribution >= 0.6 is 0 Å². The molecule has 2 radical (unpaired) electrons. The number of hydrogen-bond acceptors (Lipinski definition) is 6. The fraction of sp³-hybridized carbons (Fsp3) is 0. The Morgan fingerprint density at radius 2 is 0.667 bits per heavy atom. The Balaban J connectivity index is -0.0000000112. The molecule has 0 aliphatic carbocycles. The molecular formula is Br2Cu2N2O6. The third kappa shape index (κ3) is 5770. The molecule has 0 amide bonds. The second-order valence-corrected chi connectivity index (χ2v) is 0.447. The zero-order chi connectivity index (χ0) is 7.15. The summed E-state index contributed by atoms with van der Waals surface area (Å²) in [5.41, 5.74) is 0. The molecule has 0 aromatic heterocycles. The fourth-order valence-corrected chi connectivity index (χ4v) is 0. The van der Waals surface area contributed by atoms with Crippen molar-refractivity contribution in [3.63, 3.8) is 0 Å². The largest absolute Gasteiger partial charge is 2.00 e. The standard InChI is InChI=1S/2BrH.2Cu.2NO3/c;;;;2*2-1(3)4/h2*1H;;;;/q;;2*+2;2*-1/p-2. The molecule has 0 aromatic rings. The van der Waals surface area contributed by atoms with Crippen LogP contribution in [0.4, 0.5) is 0 Å². The molecule has 0 saturated heterocycles. The maximum absolute atomic E-state index is 8.25.